The van der Waals surface area contributed by atoms with E-state index in [1.165, 1.54) is 37.7 Å². The molecule has 2 heterocycles. The van der Waals surface area contributed by atoms with Gasteiger partial charge in [-0.25, -0.2) is 0 Å². The van der Waals surface area contributed by atoms with Gasteiger partial charge >= 0.3 is 0 Å². The van der Waals surface area contributed by atoms with Crippen LogP contribution in [0.3, 0.4) is 0 Å². The van der Waals surface area contributed by atoms with E-state index >= 15 is 0 Å². The molecule has 0 aliphatic carbocycles. The molecule has 0 aromatic rings. The second-order valence-electron chi connectivity index (χ2n) is 6.60. The minimum Gasteiger partial charge on any atom is -0.393 e. The Morgan fingerprint density at radius 3 is 2.65 bits per heavy atom. The van der Waals surface area contributed by atoms with Crippen molar-refractivity contribution in [1.29, 1.82) is 0 Å². The molecule has 0 saturated carbocycles. The van der Waals surface area contributed by atoms with Crippen LogP contribution in [0.4, 0.5) is 0 Å². The van der Waals surface area contributed by atoms with Crippen LogP contribution in [0.25, 0.3) is 0 Å². The van der Waals surface area contributed by atoms with Crippen LogP contribution >= 0.6 is 0 Å². The van der Waals surface area contributed by atoms with Crippen LogP contribution < -0.4 is 5.32 Å². The van der Waals surface area contributed by atoms with E-state index in [1.54, 1.807) is 0 Å². The van der Waals surface area contributed by atoms with E-state index in [9.17, 15) is 5.11 Å². The largest absolute Gasteiger partial charge is 0.393 e. The number of likely N-dealkylation sites (tertiary alicyclic amines) is 1. The summed E-state index contributed by atoms with van der Waals surface area (Å²) < 4.78 is 0. The summed E-state index contributed by atoms with van der Waals surface area (Å²) in [6.45, 7) is 11.0. The molecule has 2 saturated heterocycles. The van der Waals surface area contributed by atoms with Gasteiger partial charge in [0.25, 0.3) is 0 Å². The van der Waals surface area contributed by atoms with Crippen LogP contribution in [-0.2, 0) is 0 Å². The Labute approximate surface area is 124 Å². The summed E-state index contributed by atoms with van der Waals surface area (Å²) in [4.78, 5) is 2.61. The van der Waals surface area contributed by atoms with E-state index in [4.69, 9.17) is 0 Å². The van der Waals surface area contributed by atoms with E-state index in [2.05, 4.69) is 23.7 Å². The monoisotopic (exact) mass is 280 g/mol. The molecule has 2 rings (SSSR count). The van der Waals surface area contributed by atoms with Gasteiger partial charge in [-0.2, -0.15) is 0 Å². The van der Waals surface area contributed by atoms with Crippen molar-refractivity contribution in [3.05, 3.63) is 12.2 Å². The summed E-state index contributed by atoms with van der Waals surface area (Å²) in [5.41, 5.74) is 1.45. The van der Waals surface area contributed by atoms with Crippen molar-refractivity contribution in [2.45, 2.75) is 64.0 Å². The number of hydrogen-bond donors (Lipinski definition) is 2. The number of aliphatic hydroxyl groups is 1. The number of aliphatic hydroxyl groups excluding tert-OH is 1. The number of nitrogens with one attached hydrogen (secondary N) is 1. The maximum Gasteiger partial charge on any atom is 0.0564 e. The van der Waals surface area contributed by atoms with Gasteiger partial charge < -0.3 is 15.3 Å². The molecule has 2 unspecified atom stereocenters. The highest BCUT2D eigenvalue weighted by molar-refractivity contribution is 5.04. The van der Waals surface area contributed by atoms with Crippen LogP contribution in [0.1, 0.15) is 51.9 Å². The standard InChI is InChI=1S/C17H32N2O/c1-3-4-16(19-11-8-17(20)9-12-19)6-5-14(2)15-7-10-18-13-15/h15-18,20H,2-13H2,1H3. The van der Waals surface area contributed by atoms with Gasteiger partial charge in [0.2, 0.25) is 0 Å². The van der Waals surface area contributed by atoms with Gasteiger partial charge in [-0.05, 0) is 51.0 Å². The van der Waals surface area contributed by atoms with Crippen LogP contribution in [0.5, 0.6) is 0 Å². The van der Waals surface area contributed by atoms with Crippen LogP contribution in [0.2, 0.25) is 0 Å². The third-order valence-corrected chi connectivity index (χ3v) is 5.07. The average molecular weight is 280 g/mol. The maximum absolute atomic E-state index is 9.65. The summed E-state index contributed by atoms with van der Waals surface area (Å²) in [7, 11) is 0. The predicted octanol–water partition coefficient (Wildman–Crippen LogP) is 2.56. The quantitative estimate of drug-likeness (QED) is 0.704. The van der Waals surface area contributed by atoms with Crippen LogP contribution in [-0.4, -0.2) is 48.3 Å². The van der Waals surface area contributed by atoms with Crippen LogP contribution in [0, 0.1) is 5.92 Å². The normalized spacial score (nSPS) is 26.8. The highest BCUT2D eigenvalue weighted by Crippen LogP contribution is 2.25. The minimum atomic E-state index is -0.0620. The van der Waals surface area contributed by atoms with E-state index in [1.807, 2.05) is 0 Å². The Balaban J connectivity index is 1.77. The molecule has 0 amide bonds. The Morgan fingerprint density at radius 1 is 1.30 bits per heavy atom. The molecule has 2 fully saturated rings. The summed E-state index contributed by atoms with van der Waals surface area (Å²) in [5, 5.41) is 13.1. The third-order valence-electron chi connectivity index (χ3n) is 5.07. The van der Waals surface area contributed by atoms with E-state index in [-0.39, 0.29) is 6.10 Å². The molecule has 0 aromatic carbocycles. The highest BCUT2D eigenvalue weighted by atomic mass is 16.3. The van der Waals surface area contributed by atoms with Crippen molar-refractivity contribution in [2.24, 2.45) is 5.92 Å². The number of piperidine rings is 1. The summed E-state index contributed by atoms with van der Waals surface area (Å²) in [5.74, 6) is 0.709. The van der Waals surface area contributed by atoms with Gasteiger partial charge in [0.1, 0.15) is 0 Å². The fraction of sp³-hybridized carbons (Fsp3) is 0.882. The Kier molecular flexibility index (Phi) is 6.53. The molecule has 2 aliphatic rings. The molecule has 0 bridgehead atoms. The zero-order valence-corrected chi connectivity index (χ0v) is 13.1. The third kappa shape index (κ3) is 4.57. The Hall–Kier alpha value is -0.380. The highest BCUT2D eigenvalue weighted by Gasteiger charge is 2.24. The molecule has 2 atom stereocenters. The minimum absolute atomic E-state index is 0.0620. The first-order chi connectivity index (χ1) is 9.70. The lowest BCUT2D eigenvalue weighted by Gasteiger charge is -2.36. The summed E-state index contributed by atoms with van der Waals surface area (Å²) in [6.07, 6.45) is 8.07. The van der Waals surface area contributed by atoms with Gasteiger partial charge in [0.05, 0.1) is 6.10 Å². The molecule has 0 aromatic heterocycles. The average Bonchev–Trinajstić information content (AvgIpc) is 2.98. The molecular formula is C17H32N2O. The number of rotatable bonds is 7. The summed E-state index contributed by atoms with van der Waals surface area (Å²) in [6, 6.07) is 0.693. The second kappa shape index (κ2) is 8.16. The van der Waals surface area contributed by atoms with Crippen molar-refractivity contribution < 1.29 is 5.11 Å². The predicted molar refractivity (Wildman–Crippen MR) is 84.9 cm³/mol. The van der Waals surface area contributed by atoms with Gasteiger partial charge in [0.15, 0.2) is 0 Å². The zero-order valence-electron chi connectivity index (χ0n) is 13.1. The van der Waals surface area contributed by atoms with Gasteiger partial charge in [-0.15, -0.1) is 0 Å². The molecule has 0 radical (unpaired) electrons. The summed E-state index contributed by atoms with van der Waals surface area (Å²) >= 11 is 0. The first-order valence-electron chi connectivity index (χ1n) is 8.51. The molecule has 3 nitrogen and oxygen atoms in total. The van der Waals surface area contributed by atoms with Crippen LogP contribution in [0.15, 0.2) is 12.2 Å². The Bertz CT molecular complexity index is 291. The van der Waals surface area contributed by atoms with Crippen molar-refractivity contribution in [1.82, 2.24) is 10.2 Å². The molecule has 2 N–H and O–H groups in total. The van der Waals surface area contributed by atoms with E-state index < -0.39 is 0 Å². The van der Waals surface area contributed by atoms with Crippen molar-refractivity contribution in [3.63, 3.8) is 0 Å². The van der Waals surface area contributed by atoms with Crippen molar-refractivity contribution in [3.8, 4) is 0 Å². The molecular weight excluding hydrogens is 248 g/mol. The fourth-order valence-corrected chi connectivity index (χ4v) is 3.65. The lowest BCUT2D eigenvalue weighted by atomic mass is 9.92. The van der Waals surface area contributed by atoms with Crippen molar-refractivity contribution >= 4 is 0 Å². The molecule has 3 heteroatoms. The first kappa shape index (κ1) is 16.0. The van der Waals surface area contributed by atoms with Gasteiger partial charge in [-0.3, -0.25) is 0 Å². The molecule has 20 heavy (non-hydrogen) atoms. The van der Waals surface area contributed by atoms with E-state index in [0.717, 1.165) is 39.0 Å². The first-order valence-corrected chi connectivity index (χ1v) is 8.51. The Morgan fingerprint density at radius 2 is 2.05 bits per heavy atom. The maximum atomic E-state index is 9.65. The van der Waals surface area contributed by atoms with Gasteiger partial charge in [0, 0.05) is 25.7 Å². The lowest BCUT2D eigenvalue weighted by molar-refractivity contribution is 0.0558. The zero-order chi connectivity index (χ0) is 14.4. The SMILES string of the molecule is C=C(CCC(CCC)N1CCC(O)CC1)C1CCNC1. The number of nitrogens with zero attached hydrogens (tertiary/aromatic N) is 1. The topological polar surface area (TPSA) is 35.5 Å². The van der Waals surface area contributed by atoms with Gasteiger partial charge in [-0.1, -0.05) is 25.5 Å². The smallest absolute Gasteiger partial charge is 0.0564 e. The molecule has 2 aliphatic heterocycles. The molecule has 116 valence electrons. The number of hydrogen-bond acceptors (Lipinski definition) is 3. The fourth-order valence-electron chi connectivity index (χ4n) is 3.65. The second-order valence-corrected chi connectivity index (χ2v) is 6.60. The molecule has 0 spiro atoms. The van der Waals surface area contributed by atoms with Crippen molar-refractivity contribution in [2.75, 3.05) is 26.2 Å². The lowest BCUT2D eigenvalue weighted by Crippen LogP contribution is -2.42. The van der Waals surface area contributed by atoms with E-state index in [0.29, 0.717) is 12.0 Å².